The van der Waals surface area contributed by atoms with Crippen molar-refractivity contribution in [2.75, 3.05) is 39.5 Å². The number of nitrogens with one attached hydrogen (secondary N) is 4. The van der Waals surface area contributed by atoms with Gasteiger partial charge >= 0.3 is 0 Å². The van der Waals surface area contributed by atoms with Crippen molar-refractivity contribution >= 4 is 23.6 Å². The van der Waals surface area contributed by atoms with Crippen molar-refractivity contribution in [3.8, 4) is 0 Å². The second-order valence-corrected chi connectivity index (χ2v) is 19.7. The number of morpholine rings is 1. The highest BCUT2D eigenvalue weighted by molar-refractivity contribution is 5.94. The van der Waals surface area contributed by atoms with Gasteiger partial charge in [-0.3, -0.25) is 24.1 Å². The summed E-state index contributed by atoms with van der Waals surface area (Å²) in [7, 11) is 0. The van der Waals surface area contributed by atoms with Crippen LogP contribution in [0, 0.1) is 17.3 Å². The maximum Gasteiger partial charge on any atom is 0.243 e. The summed E-state index contributed by atoms with van der Waals surface area (Å²) in [6, 6.07) is 16.3. The number of carbonyl (C=O) groups excluding carboxylic acids is 4. The van der Waals surface area contributed by atoms with Crippen LogP contribution in [0.25, 0.3) is 0 Å². The number of carbonyl (C=O) groups is 4. The molecule has 1 unspecified atom stereocenters. The lowest BCUT2D eigenvalue weighted by Gasteiger charge is -2.47. The SMILES string of the molecule is CC(C)C[C@H](NC(=O)[C@H](CCc1ccccc1)NC(=O)CN1CCOCC1)C(=O)N[C@@H](Cc1ccccc1)C(=O)N[C@@H](CC(C)C)C1(C(O)[C@@]2(C)CO2)CCCCCCCCCC1. The minimum atomic E-state index is -0.965. The molecule has 5 rings (SSSR count). The molecule has 2 heterocycles. The average molecular weight is 874 g/mol. The number of aryl methyl sites for hydroxylation is 1. The number of aliphatic hydroxyl groups excluding tert-OH is 1. The minimum absolute atomic E-state index is 0.0284. The molecule has 0 spiro atoms. The summed E-state index contributed by atoms with van der Waals surface area (Å²) in [5.41, 5.74) is 0.636. The average Bonchev–Trinajstić information content (AvgIpc) is 4.03. The Morgan fingerprint density at radius 2 is 1.17 bits per heavy atom. The standard InChI is InChI=1S/C51H79N5O7/c1-37(2)32-42(53-46(58)41(25-24-39-20-14-12-15-21-39)52-45(57)35-56-28-30-62-31-29-56)47(59)54-43(34-40-22-16-13-17-23-40)48(60)55-44(33-38(3)4)51(49(61)50(5)36-63-50)26-18-10-8-6-7-9-11-19-27-51/h12-17,20-23,37-38,41-44,49,61H,6-11,18-19,24-36H2,1-5H3,(H,52,57)(H,53,58)(H,54,59)(H,55,60)/t41-,42-,43-,44-,49?,50+/m0/s1. The zero-order valence-electron chi connectivity index (χ0n) is 39.0. The van der Waals surface area contributed by atoms with Crippen LogP contribution in [0.4, 0.5) is 0 Å². The Kier molecular flexibility index (Phi) is 19.9. The lowest BCUT2D eigenvalue weighted by atomic mass is 9.63. The van der Waals surface area contributed by atoms with E-state index in [9.17, 15) is 24.3 Å². The van der Waals surface area contributed by atoms with E-state index in [1.807, 2.05) is 86.3 Å². The van der Waals surface area contributed by atoms with Crippen molar-refractivity contribution in [3.63, 3.8) is 0 Å². The topological polar surface area (TPSA) is 162 Å². The highest BCUT2D eigenvalue weighted by Gasteiger charge is 2.58. The van der Waals surface area contributed by atoms with E-state index >= 15 is 0 Å². The fourth-order valence-corrected chi connectivity index (χ4v) is 9.70. The molecule has 12 heteroatoms. The molecule has 0 radical (unpaired) electrons. The van der Waals surface area contributed by atoms with Crippen molar-refractivity contribution < 1.29 is 33.8 Å². The van der Waals surface area contributed by atoms with Crippen LogP contribution in [0.5, 0.6) is 0 Å². The van der Waals surface area contributed by atoms with Gasteiger partial charge in [0.1, 0.15) is 23.7 Å². The summed E-state index contributed by atoms with van der Waals surface area (Å²) in [5.74, 6) is -1.23. The molecule has 350 valence electrons. The van der Waals surface area contributed by atoms with Gasteiger partial charge in [-0.2, -0.15) is 0 Å². The molecule has 0 aromatic heterocycles. The predicted molar refractivity (Wildman–Crippen MR) is 248 cm³/mol. The number of amides is 4. The third-order valence-corrected chi connectivity index (χ3v) is 13.4. The Balaban J connectivity index is 1.40. The summed E-state index contributed by atoms with van der Waals surface area (Å²) in [6.45, 7) is 13.3. The zero-order chi connectivity index (χ0) is 45.2. The third kappa shape index (κ3) is 16.0. The van der Waals surface area contributed by atoms with E-state index in [0.717, 1.165) is 62.5 Å². The van der Waals surface area contributed by atoms with Crippen molar-refractivity contribution in [2.24, 2.45) is 17.3 Å². The monoisotopic (exact) mass is 874 g/mol. The first-order valence-electron chi connectivity index (χ1n) is 24.2. The molecule has 2 aromatic rings. The summed E-state index contributed by atoms with van der Waals surface area (Å²) in [4.78, 5) is 59.2. The molecule has 6 atom stereocenters. The van der Waals surface area contributed by atoms with Gasteiger partial charge < -0.3 is 35.8 Å². The number of benzene rings is 2. The third-order valence-electron chi connectivity index (χ3n) is 13.4. The van der Waals surface area contributed by atoms with E-state index in [1.54, 1.807) is 0 Å². The van der Waals surface area contributed by atoms with Gasteiger partial charge in [0, 0.05) is 31.0 Å². The molecule has 2 aromatic carbocycles. The predicted octanol–water partition coefficient (Wildman–Crippen LogP) is 6.28. The number of aliphatic hydroxyl groups is 1. The van der Waals surface area contributed by atoms with E-state index in [2.05, 4.69) is 35.1 Å². The molecular formula is C51H79N5O7. The first-order valence-corrected chi connectivity index (χ1v) is 24.2. The van der Waals surface area contributed by atoms with Crippen LogP contribution >= 0.6 is 0 Å². The second kappa shape index (κ2) is 25.0. The summed E-state index contributed by atoms with van der Waals surface area (Å²) in [6.07, 6.45) is 11.7. The number of rotatable bonds is 21. The van der Waals surface area contributed by atoms with Crippen LogP contribution in [0.1, 0.15) is 129 Å². The van der Waals surface area contributed by atoms with Gasteiger partial charge in [-0.1, -0.05) is 140 Å². The van der Waals surface area contributed by atoms with Gasteiger partial charge in [0.25, 0.3) is 0 Å². The molecule has 3 aliphatic rings. The Labute approximate surface area is 377 Å². The highest BCUT2D eigenvalue weighted by Crippen LogP contribution is 2.49. The number of hydrogen-bond donors (Lipinski definition) is 5. The van der Waals surface area contributed by atoms with Crippen LogP contribution in [-0.2, 0) is 41.5 Å². The van der Waals surface area contributed by atoms with Crippen LogP contribution in [-0.4, -0.2) is 109 Å². The number of hydrogen-bond acceptors (Lipinski definition) is 8. The largest absolute Gasteiger partial charge is 0.389 e. The number of epoxide rings is 1. The molecular weight excluding hydrogens is 795 g/mol. The van der Waals surface area contributed by atoms with Crippen molar-refractivity contribution in [1.29, 1.82) is 0 Å². The van der Waals surface area contributed by atoms with Crippen LogP contribution < -0.4 is 21.3 Å². The lowest BCUT2D eigenvalue weighted by molar-refractivity contribution is -0.135. The Morgan fingerprint density at radius 3 is 1.73 bits per heavy atom. The smallest absolute Gasteiger partial charge is 0.243 e. The second-order valence-electron chi connectivity index (χ2n) is 19.7. The molecule has 0 bridgehead atoms. The summed E-state index contributed by atoms with van der Waals surface area (Å²) >= 11 is 0. The van der Waals surface area contributed by atoms with Crippen LogP contribution in [0.15, 0.2) is 60.7 Å². The fourth-order valence-electron chi connectivity index (χ4n) is 9.70. The van der Waals surface area contributed by atoms with E-state index in [-0.39, 0.29) is 42.7 Å². The summed E-state index contributed by atoms with van der Waals surface area (Å²) in [5, 5.41) is 25.0. The highest BCUT2D eigenvalue weighted by atomic mass is 16.6. The molecule has 1 saturated carbocycles. The van der Waals surface area contributed by atoms with E-state index in [4.69, 9.17) is 9.47 Å². The van der Waals surface area contributed by atoms with Crippen molar-refractivity contribution in [1.82, 2.24) is 26.2 Å². The van der Waals surface area contributed by atoms with Crippen LogP contribution in [0.2, 0.25) is 0 Å². The van der Waals surface area contributed by atoms with Gasteiger partial charge in [-0.05, 0) is 68.4 Å². The molecule has 63 heavy (non-hydrogen) atoms. The van der Waals surface area contributed by atoms with E-state index in [1.165, 1.54) is 12.8 Å². The Bertz CT molecular complexity index is 1690. The minimum Gasteiger partial charge on any atom is -0.389 e. The molecule has 2 aliphatic heterocycles. The van der Waals surface area contributed by atoms with Gasteiger partial charge in [0.05, 0.1) is 32.5 Å². The van der Waals surface area contributed by atoms with Crippen LogP contribution in [0.3, 0.4) is 0 Å². The molecule has 1 aliphatic carbocycles. The van der Waals surface area contributed by atoms with Gasteiger partial charge in [0.15, 0.2) is 0 Å². The van der Waals surface area contributed by atoms with E-state index in [0.29, 0.717) is 58.6 Å². The van der Waals surface area contributed by atoms with Crippen molar-refractivity contribution in [3.05, 3.63) is 71.8 Å². The molecule has 12 nitrogen and oxygen atoms in total. The molecule has 2 saturated heterocycles. The quantitative estimate of drug-likeness (QED) is 0.0918. The molecule has 4 amide bonds. The number of nitrogens with zero attached hydrogens (tertiary/aromatic N) is 1. The Morgan fingerprint density at radius 1 is 0.667 bits per heavy atom. The molecule has 5 N–H and O–H groups in total. The molecule has 3 fully saturated rings. The van der Waals surface area contributed by atoms with Gasteiger partial charge in [-0.25, -0.2) is 0 Å². The lowest BCUT2D eigenvalue weighted by Crippen LogP contribution is -2.62. The first-order chi connectivity index (χ1) is 30.3. The van der Waals surface area contributed by atoms with Gasteiger partial charge in [0.2, 0.25) is 23.6 Å². The maximum atomic E-state index is 15.0. The maximum absolute atomic E-state index is 15.0. The fraction of sp³-hybridized carbons (Fsp3) is 0.686. The van der Waals surface area contributed by atoms with E-state index < -0.39 is 47.1 Å². The zero-order valence-corrected chi connectivity index (χ0v) is 39.0. The van der Waals surface area contributed by atoms with Gasteiger partial charge in [-0.15, -0.1) is 0 Å². The normalized spacial score (nSPS) is 22.1. The first kappa shape index (κ1) is 50.2. The number of ether oxygens (including phenoxy) is 2. The Hall–Kier alpha value is -3.84. The summed E-state index contributed by atoms with van der Waals surface area (Å²) < 4.78 is 11.4. The van der Waals surface area contributed by atoms with Crippen molar-refractivity contribution in [2.45, 2.75) is 167 Å².